The summed E-state index contributed by atoms with van der Waals surface area (Å²) < 4.78 is 0. The van der Waals surface area contributed by atoms with Crippen LogP contribution in [0.15, 0.2) is 54.6 Å². The fourth-order valence-corrected chi connectivity index (χ4v) is 2.41. The van der Waals surface area contributed by atoms with Crippen molar-refractivity contribution in [1.82, 2.24) is 5.32 Å². The van der Waals surface area contributed by atoms with E-state index in [-0.39, 0.29) is 0 Å². The number of rotatable bonds is 7. The highest BCUT2D eigenvalue weighted by molar-refractivity contribution is 6.30. The summed E-state index contributed by atoms with van der Waals surface area (Å²) in [5.41, 5.74) is 2.72. The second-order valence-corrected chi connectivity index (χ2v) is 5.61. The first-order valence-corrected chi connectivity index (χ1v) is 7.66. The van der Waals surface area contributed by atoms with Crippen LogP contribution in [0.4, 0.5) is 0 Å². The molecule has 0 saturated heterocycles. The van der Waals surface area contributed by atoms with Gasteiger partial charge in [0.15, 0.2) is 0 Å². The lowest BCUT2D eigenvalue weighted by atomic mass is 10.1. The van der Waals surface area contributed by atoms with Crippen molar-refractivity contribution >= 4 is 11.6 Å². The molecule has 0 spiro atoms. The van der Waals surface area contributed by atoms with E-state index in [0.717, 1.165) is 18.0 Å². The molecular formula is C18H22ClN. The van der Waals surface area contributed by atoms with Gasteiger partial charge < -0.3 is 5.32 Å². The van der Waals surface area contributed by atoms with E-state index < -0.39 is 0 Å². The fourth-order valence-electron chi connectivity index (χ4n) is 2.29. The maximum absolute atomic E-state index is 5.90. The standard InChI is InChI=1S/C18H22ClN/c1-15(17-10-12-18(19)13-11-17)20-14-6-5-9-16-7-3-2-4-8-16/h2-4,7-8,10-13,15,20H,5-6,9,14H2,1H3/t15-/m1/s1. The van der Waals surface area contributed by atoms with Gasteiger partial charge in [-0.3, -0.25) is 0 Å². The minimum Gasteiger partial charge on any atom is -0.310 e. The molecule has 20 heavy (non-hydrogen) atoms. The summed E-state index contributed by atoms with van der Waals surface area (Å²) in [7, 11) is 0. The molecule has 2 aromatic rings. The van der Waals surface area contributed by atoms with Gasteiger partial charge in [0.1, 0.15) is 0 Å². The van der Waals surface area contributed by atoms with Gasteiger partial charge in [-0.15, -0.1) is 0 Å². The summed E-state index contributed by atoms with van der Waals surface area (Å²) >= 11 is 5.90. The third-order valence-corrected chi connectivity index (χ3v) is 3.81. The van der Waals surface area contributed by atoms with Gasteiger partial charge in [-0.05, 0) is 56.0 Å². The van der Waals surface area contributed by atoms with Crippen LogP contribution >= 0.6 is 11.6 Å². The van der Waals surface area contributed by atoms with Crippen LogP contribution in [0.5, 0.6) is 0 Å². The van der Waals surface area contributed by atoms with Crippen molar-refractivity contribution in [2.24, 2.45) is 0 Å². The number of halogens is 1. The zero-order valence-electron chi connectivity index (χ0n) is 12.0. The predicted molar refractivity (Wildman–Crippen MR) is 87.2 cm³/mol. The zero-order valence-corrected chi connectivity index (χ0v) is 12.7. The number of benzene rings is 2. The Morgan fingerprint density at radius 1 is 0.950 bits per heavy atom. The Hall–Kier alpha value is -1.31. The van der Waals surface area contributed by atoms with Crippen molar-refractivity contribution in [2.75, 3.05) is 6.54 Å². The topological polar surface area (TPSA) is 12.0 Å². The van der Waals surface area contributed by atoms with Crippen molar-refractivity contribution < 1.29 is 0 Å². The summed E-state index contributed by atoms with van der Waals surface area (Å²) in [4.78, 5) is 0. The molecule has 0 bridgehead atoms. The van der Waals surface area contributed by atoms with Crippen LogP contribution in [0, 0.1) is 0 Å². The number of nitrogens with one attached hydrogen (secondary N) is 1. The van der Waals surface area contributed by atoms with Crippen LogP contribution in [-0.4, -0.2) is 6.54 Å². The van der Waals surface area contributed by atoms with E-state index >= 15 is 0 Å². The first-order chi connectivity index (χ1) is 9.75. The molecule has 2 rings (SSSR count). The van der Waals surface area contributed by atoms with E-state index in [4.69, 9.17) is 11.6 Å². The lowest BCUT2D eigenvalue weighted by Gasteiger charge is -2.14. The van der Waals surface area contributed by atoms with Crippen molar-refractivity contribution in [3.8, 4) is 0 Å². The van der Waals surface area contributed by atoms with Crippen LogP contribution in [0.1, 0.15) is 36.9 Å². The van der Waals surface area contributed by atoms with Crippen molar-refractivity contribution in [1.29, 1.82) is 0 Å². The molecular weight excluding hydrogens is 266 g/mol. The molecule has 0 heterocycles. The third-order valence-electron chi connectivity index (χ3n) is 3.56. The van der Waals surface area contributed by atoms with Crippen LogP contribution in [0.2, 0.25) is 5.02 Å². The van der Waals surface area contributed by atoms with Crippen LogP contribution in [0.3, 0.4) is 0 Å². The van der Waals surface area contributed by atoms with E-state index in [9.17, 15) is 0 Å². The molecule has 2 heteroatoms. The summed E-state index contributed by atoms with van der Waals surface area (Å²) in [6.07, 6.45) is 3.59. The average molecular weight is 288 g/mol. The van der Waals surface area contributed by atoms with Gasteiger partial charge in [-0.2, -0.15) is 0 Å². The molecule has 0 aromatic heterocycles. The van der Waals surface area contributed by atoms with Gasteiger partial charge in [-0.1, -0.05) is 54.1 Å². The largest absolute Gasteiger partial charge is 0.310 e. The highest BCUT2D eigenvalue weighted by Gasteiger charge is 2.03. The molecule has 0 aliphatic heterocycles. The first-order valence-electron chi connectivity index (χ1n) is 7.28. The van der Waals surface area contributed by atoms with Gasteiger partial charge in [0.2, 0.25) is 0 Å². The smallest absolute Gasteiger partial charge is 0.0406 e. The summed E-state index contributed by atoms with van der Waals surface area (Å²) in [5.74, 6) is 0. The molecule has 2 aromatic carbocycles. The minimum absolute atomic E-state index is 0.379. The fraction of sp³-hybridized carbons (Fsp3) is 0.333. The number of hydrogen-bond acceptors (Lipinski definition) is 1. The first kappa shape index (κ1) is 15.1. The summed E-state index contributed by atoms with van der Waals surface area (Å²) in [5, 5.41) is 4.36. The normalized spacial score (nSPS) is 12.3. The maximum atomic E-state index is 5.90. The molecule has 1 nitrogen and oxygen atoms in total. The summed E-state index contributed by atoms with van der Waals surface area (Å²) in [6.45, 7) is 3.25. The van der Waals surface area contributed by atoms with Gasteiger partial charge >= 0.3 is 0 Å². The Balaban J connectivity index is 1.64. The third kappa shape index (κ3) is 4.99. The molecule has 0 amide bonds. The Morgan fingerprint density at radius 2 is 1.65 bits per heavy atom. The number of hydrogen-bond donors (Lipinski definition) is 1. The van der Waals surface area contributed by atoms with E-state index in [1.165, 1.54) is 24.0 Å². The molecule has 0 fully saturated rings. The number of aryl methyl sites for hydroxylation is 1. The molecule has 1 N–H and O–H groups in total. The molecule has 106 valence electrons. The van der Waals surface area contributed by atoms with E-state index in [1.807, 2.05) is 12.1 Å². The van der Waals surface area contributed by atoms with E-state index in [0.29, 0.717) is 6.04 Å². The van der Waals surface area contributed by atoms with Crippen LogP contribution in [-0.2, 0) is 6.42 Å². The highest BCUT2D eigenvalue weighted by atomic mass is 35.5. The van der Waals surface area contributed by atoms with Crippen molar-refractivity contribution in [2.45, 2.75) is 32.2 Å². The van der Waals surface area contributed by atoms with E-state index in [2.05, 4.69) is 54.7 Å². The Bertz CT molecular complexity index is 493. The second kappa shape index (κ2) is 8.08. The quantitative estimate of drug-likeness (QED) is 0.706. The number of unbranched alkanes of at least 4 members (excludes halogenated alkanes) is 1. The summed E-state index contributed by atoms with van der Waals surface area (Å²) in [6, 6.07) is 19.1. The lowest BCUT2D eigenvalue weighted by molar-refractivity contribution is 0.546. The molecule has 0 aliphatic rings. The average Bonchev–Trinajstić information content (AvgIpc) is 2.48. The molecule has 0 unspecified atom stereocenters. The molecule has 0 aliphatic carbocycles. The maximum Gasteiger partial charge on any atom is 0.0406 e. The minimum atomic E-state index is 0.379. The SMILES string of the molecule is C[C@@H](NCCCCc1ccccc1)c1ccc(Cl)cc1. The van der Waals surface area contributed by atoms with Gasteiger partial charge in [0, 0.05) is 11.1 Å². The second-order valence-electron chi connectivity index (χ2n) is 5.17. The molecule has 0 radical (unpaired) electrons. The van der Waals surface area contributed by atoms with Crippen LogP contribution in [0.25, 0.3) is 0 Å². The predicted octanol–water partition coefficient (Wildman–Crippen LogP) is 5.01. The van der Waals surface area contributed by atoms with Crippen LogP contribution < -0.4 is 5.32 Å². The van der Waals surface area contributed by atoms with Gasteiger partial charge in [0.25, 0.3) is 0 Å². The Kier molecular flexibility index (Phi) is 6.10. The molecule has 1 atom stereocenters. The van der Waals surface area contributed by atoms with Gasteiger partial charge in [-0.25, -0.2) is 0 Å². The molecule has 0 saturated carbocycles. The van der Waals surface area contributed by atoms with Crippen molar-refractivity contribution in [3.05, 3.63) is 70.7 Å². The highest BCUT2D eigenvalue weighted by Crippen LogP contribution is 2.16. The lowest BCUT2D eigenvalue weighted by Crippen LogP contribution is -2.19. The van der Waals surface area contributed by atoms with E-state index in [1.54, 1.807) is 0 Å². The monoisotopic (exact) mass is 287 g/mol. The van der Waals surface area contributed by atoms with Crippen molar-refractivity contribution in [3.63, 3.8) is 0 Å². The van der Waals surface area contributed by atoms with Gasteiger partial charge in [0.05, 0.1) is 0 Å². The zero-order chi connectivity index (χ0) is 14.2. The Labute approximate surface area is 127 Å². The Morgan fingerprint density at radius 3 is 2.35 bits per heavy atom.